The summed E-state index contributed by atoms with van der Waals surface area (Å²) < 4.78 is 7.01. The van der Waals surface area contributed by atoms with Crippen LogP contribution < -0.4 is 15.8 Å². The predicted octanol–water partition coefficient (Wildman–Crippen LogP) is 2.98. The first-order chi connectivity index (χ1) is 17.8. The number of nitrogens with one attached hydrogen (secondary N) is 2. The molecule has 0 spiro atoms. The molecule has 1 aliphatic heterocycles. The number of esters is 1. The lowest BCUT2D eigenvalue weighted by molar-refractivity contribution is -0.130. The Morgan fingerprint density at radius 3 is 2.43 bits per heavy atom. The molecular weight excluding hydrogens is 474 g/mol. The Bertz CT molecular complexity index is 1400. The maximum atomic E-state index is 12.7. The van der Waals surface area contributed by atoms with Gasteiger partial charge in [-0.05, 0) is 49.2 Å². The zero-order chi connectivity index (χ0) is 26.5. The third-order valence-electron chi connectivity index (χ3n) is 6.13. The summed E-state index contributed by atoms with van der Waals surface area (Å²) in [6.07, 6.45) is 0.236. The first kappa shape index (κ1) is 25.2. The highest BCUT2D eigenvalue weighted by atomic mass is 16.5. The van der Waals surface area contributed by atoms with Crippen molar-refractivity contribution < 1.29 is 23.9 Å². The molecule has 3 amide bonds. The van der Waals surface area contributed by atoms with E-state index in [-0.39, 0.29) is 30.2 Å². The zero-order valence-electron chi connectivity index (χ0n) is 20.4. The summed E-state index contributed by atoms with van der Waals surface area (Å²) >= 11 is 0. The molecule has 1 saturated heterocycles. The van der Waals surface area contributed by atoms with Gasteiger partial charge in [-0.2, -0.15) is 5.26 Å². The first-order valence-electron chi connectivity index (χ1n) is 11.6. The van der Waals surface area contributed by atoms with E-state index in [4.69, 9.17) is 4.74 Å². The van der Waals surface area contributed by atoms with Crippen molar-refractivity contribution in [3.8, 4) is 6.07 Å². The number of amides is 3. The minimum Gasteiger partial charge on any atom is -0.452 e. The molecule has 4 rings (SSSR count). The number of nitrogens with zero attached hydrogens (tertiary/aromatic N) is 3. The summed E-state index contributed by atoms with van der Waals surface area (Å²) in [5, 5.41) is 13.5. The standard InChI is InChI=1S/C27H25N5O5/c1-17-18(2)31(15-19-6-4-3-5-7-19)26(22(17)14-28)29-24(34)16-37-27(36)20-8-10-21(11-9-20)32-25(35)13-12-23(33)30-32/h3-11H,12-13,15-16H2,1-2H3,(H,29,34)(H,30,33). The van der Waals surface area contributed by atoms with Gasteiger partial charge in [0.25, 0.3) is 5.91 Å². The Hall–Kier alpha value is -4.91. The van der Waals surface area contributed by atoms with Crippen LogP contribution >= 0.6 is 0 Å². The van der Waals surface area contributed by atoms with Crippen molar-refractivity contribution >= 4 is 35.2 Å². The molecule has 1 aliphatic rings. The summed E-state index contributed by atoms with van der Waals surface area (Å²) in [5.74, 6) is -1.50. The molecule has 0 aliphatic carbocycles. The van der Waals surface area contributed by atoms with Crippen molar-refractivity contribution in [2.45, 2.75) is 33.2 Å². The fourth-order valence-corrected chi connectivity index (χ4v) is 4.01. The molecule has 1 aromatic heterocycles. The Morgan fingerprint density at radius 2 is 1.76 bits per heavy atom. The molecular formula is C27H25N5O5. The van der Waals surface area contributed by atoms with E-state index in [2.05, 4.69) is 16.8 Å². The van der Waals surface area contributed by atoms with E-state index in [0.29, 0.717) is 23.6 Å². The van der Waals surface area contributed by atoms with Gasteiger partial charge in [0.05, 0.1) is 16.8 Å². The van der Waals surface area contributed by atoms with E-state index in [1.807, 2.05) is 48.7 Å². The highest BCUT2D eigenvalue weighted by molar-refractivity contribution is 6.01. The Balaban J connectivity index is 1.41. The van der Waals surface area contributed by atoms with Crippen LogP contribution in [0, 0.1) is 25.2 Å². The molecule has 37 heavy (non-hydrogen) atoms. The van der Waals surface area contributed by atoms with Crippen LogP contribution in [0.5, 0.6) is 0 Å². The molecule has 3 aromatic rings. The molecule has 2 aromatic carbocycles. The van der Waals surface area contributed by atoms with E-state index in [1.165, 1.54) is 24.3 Å². The van der Waals surface area contributed by atoms with Crippen LogP contribution in [0.2, 0.25) is 0 Å². The predicted molar refractivity (Wildman–Crippen MR) is 134 cm³/mol. The van der Waals surface area contributed by atoms with Gasteiger partial charge in [0.15, 0.2) is 6.61 Å². The maximum absolute atomic E-state index is 12.7. The summed E-state index contributed by atoms with van der Waals surface area (Å²) in [7, 11) is 0. The van der Waals surface area contributed by atoms with Gasteiger partial charge in [-0.15, -0.1) is 0 Å². The van der Waals surface area contributed by atoms with Gasteiger partial charge in [-0.25, -0.2) is 9.80 Å². The van der Waals surface area contributed by atoms with Crippen molar-refractivity contribution in [2.75, 3.05) is 16.9 Å². The Morgan fingerprint density at radius 1 is 1.05 bits per heavy atom. The van der Waals surface area contributed by atoms with E-state index in [1.54, 1.807) is 0 Å². The molecule has 2 heterocycles. The molecule has 10 nitrogen and oxygen atoms in total. The van der Waals surface area contributed by atoms with Crippen molar-refractivity contribution in [1.82, 2.24) is 9.99 Å². The second kappa shape index (κ2) is 10.8. The number of rotatable bonds is 7. The highest BCUT2D eigenvalue weighted by Gasteiger charge is 2.25. The number of nitriles is 1. The largest absolute Gasteiger partial charge is 0.452 e. The molecule has 0 bridgehead atoms. The van der Waals surface area contributed by atoms with Crippen LogP contribution in [-0.4, -0.2) is 34.9 Å². The number of aromatic nitrogens is 1. The lowest BCUT2D eigenvalue weighted by Crippen LogP contribution is -2.50. The smallest absolute Gasteiger partial charge is 0.338 e. The number of carbonyl (C=O) groups excluding carboxylic acids is 4. The molecule has 10 heteroatoms. The number of hydrazine groups is 1. The molecule has 0 saturated carbocycles. The summed E-state index contributed by atoms with van der Waals surface area (Å²) in [4.78, 5) is 48.8. The zero-order valence-corrected chi connectivity index (χ0v) is 20.4. The van der Waals surface area contributed by atoms with Crippen molar-refractivity contribution in [3.05, 3.63) is 82.5 Å². The van der Waals surface area contributed by atoms with Gasteiger partial charge in [0.2, 0.25) is 11.8 Å². The molecule has 0 unspecified atom stereocenters. The monoisotopic (exact) mass is 499 g/mol. The van der Waals surface area contributed by atoms with E-state index in [0.717, 1.165) is 21.8 Å². The number of anilines is 2. The minimum atomic E-state index is -0.733. The number of ether oxygens (including phenoxy) is 1. The molecule has 0 radical (unpaired) electrons. The summed E-state index contributed by atoms with van der Waals surface area (Å²) in [5.41, 5.74) is 6.01. The summed E-state index contributed by atoms with van der Waals surface area (Å²) in [6.45, 7) is 3.59. The molecule has 188 valence electrons. The number of hydrogen-bond acceptors (Lipinski definition) is 6. The van der Waals surface area contributed by atoms with E-state index >= 15 is 0 Å². The SMILES string of the molecule is Cc1c(C#N)c(NC(=O)COC(=O)c2ccc(N3NC(=O)CCC3=O)cc2)n(Cc2ccccc2)c1C. The van der Waals surface area contributed by atoms with Gasteiger partial charge in [0, 0.05) is 25.1 Å². The average Bonchev–Trinajstić information content (AvgIpc) is 3.12. The van der Waals surface area contributed by atoms with Gasteiger partial charge >= 0.3 is 5.97 Å². The fraction of sp³-hybridized carbons (Fsp3) is 0.222. The number of hydrogen-bond donors (Lipinski definition) is 2. The van der Waals surface area contributed by atoms with Crippen LogP contribution in [0.4, 0.5) is 11.5 Å². The minimum absolute atomic E-state index is 0.103. The normalized spacial score (nSPS) is 13.1. The average molecular weight is 500 g/mol. The van der Waals surface area contributed by atoms with Gasteiger partial charge in [0.1, 0.15) is 11.9 Å². The second-order valence-electron chi connectivity index (χ2n) is 8.55. The van der Waals surface area contributed by atoms with Crippen LogP contribution in [0.3, 0.4) is 0 Å². The maximum Gasteiger partial charge on any atom is 0.338 e. The topological polar surface area (TPSA) is 134 Å². The quantitative estimate of drug-likeness (QED) is 0.480. The van der Waals surface area contributed by atoms with Crippen LogP contribution in [0.25, 0.3) is 0 Å². The number of benzene rings is 2. The Labute approximate surface area is 213 Å². The van der Waals surface area contributed by atoms with Crippen molar-refractivity contribution in [3.63, 3.8) is 0 Å². The molecule has 1 fully saturated rings. The Kier molecular flexibility index (Phi) is 7.34. The summed E-state index contributed by atoms with van der Waals surface area (Å²) in [6, 6.07) is 17.7. The van der Waals surface area contributed by atoms with Crippen LogP contribution in [0.15, 0.2) is 54.6 Å². The van der Waals surface area contributed by atoms with E-state index in [9.17, 15) is 24.4 Å². The molecule has 0 atom stereocenters. The lowest BCUT2D eigenvalue weighted by atomic mass is 10.2. The third-order valence-corrected chi connectivity index (χ3v) is 6.13. The lowest BCUT2D eigenvalue weighted by Gasteiger charge is -2.27. The van der Waals surface area contributed by atoms with Gasteiger partial charge < -0.3 is 14.6 Å². The third kappa shape index (κ3) is 5.51. The van der Waals surface area contributed by atoms with Gasteiger partial charge in [-0.3, -0.25) is 19.8 Å². The second-order valence-corrected chi connectivity index (χ2v) is 8.55. The fourth-order valence-electron chi connectivity index (χ4n) is 4.01. The van der Waals surface area contributed by atoms with E-state index < -0.39 is 18.5 Å². The van der Waals surface area contributed by atoms with Gasteiger partial charge in [-0.1, -0.05) is 30.3 Å². The molecule has 2 N–H and O–H groups in total. The first-order valence-corrected chi connectivity index (χ1v) is 11.6. The van der Waals surface area contributed by atoms with Crippen molar-refractivity contribution in [1.29, 1.82) is 5.26 Å². The van der Waals surface area contributed by atoms with Crippen molar-refractivity contribution in [2.24, 2.45) is 0 Å². The van der Waals surface area contributed by atoms with Crippen LogP contribution in [-0.2, 0) is 25.7 Å². The highest BCUT2D eigenvalue weighted by Crippen LogP contribution is 2.27. The number of carbonyl (C=O) groups is 4. The van der Waals surface area contributed by atoms with Crippen LogP contribution in [0.1, 0.15) is 45.6 Å².